The zero-order valence-electron chi connectivity index (χ0n) is 15.8. The molecule has 10 heteroatoms. The molecule has 0 aliphatic carbocycles. The van der Waals surface area contributed by atoms with Gasteiger partial charge in [0.25, 0.3) is 5.56 Å². The number of carbonyl (C=O) groups excluding carboxylic acids is 1. The zero-order valence-corrected chi connectivity index (χ0v) is 17.3. The summed E-state index contributed by atoms with van der Waals surface area (Å²) in [5.74, 6) is 0.237. The normalized spacial score (nSPS) is 10.9. The van der Waals surface area contributed by atoms with Gasteiger partial charge in [0.2, 0.25) is 5.91 Å². The summed E-state index contributed by atoms with van der Waals surface area (Å²) < 4.78 is 6.81. The number of ether oxygens (including phenoxy) is 1. The van der Waals surface area contributed by atoms with Crippen molar-refractivity contribution in [3.05, 3.63) is 70.1 Å². The minimum Gasteiger partial charge on any atom is -0.495 e. The molecule has 2 aromatic heterocycles. The topological polar surface area (TPSA) is 102 Å². The van der Waals surface area contributed by atoms with E-state index in [1.165, 1.54) is 13.3 Å². The van der Waals surface area contributed by atoms with Gasteiger partial charge in [-0.05, 0) is 30.3 Å². The highest BCUT2D eigenvalue weighted by Gasteiger charge is 2.14. The molecule has 0 spiro atoms. The first-order valence-corrected chi connectivity index (χ1v) is 10.2. The molecule has 0 saturated carbocycles. The molecule has 4 rings (SSSR count). The second kappa shape index (κ2) is 8.60. The second-order valence-corrected chi connectivity index (χ2v) is 7.58. The van der Waals surface area contributed by atoms with Gasteiger partial charge < -0.3 is 15.0 Å². The summed E-state index contributed by atoms with van der Waals surface area (Å²) in [5.41, 5.74) is 1.35. The van der Waals surface area contributed by atoms with Crippen molar-refractivity contribution in [3.63, 3.8) is 0 Å². The minimum atomic E-state index is -0.318. The number of hydrogen-bond donors (Lipinski definition) is 2. The predicted molar refractivity (Wildman–Crippen MR) is 117 cm³/mol. The number of halogens is 1. The number of aromatic nitrogens is 4. The van der Waals surface area contributed by atoms with E-state index in [2.05, 4.69) is 20.4 Å². The van der Waals surface area contributed by atoms with Gasteiger partial charge in [-0.15, -0.1) is 0 Å². The average Bonchev–Trinajstić information content (AvgIpc) is 3.18. The summed E-state index contributed by atoms with van der Waals surface area (Å²) >= 11 is 7.10. The van der Waals surface area contributed by atoms with Crippen LogP contribution < -0.4 is 15.6 Å². The van der Waals surface area contributed by atoms with Crippen LogP contribution in [0, 0.1) is 0 Å². The van der Waals surface area contributed by atoms with Gasteiger partial charge in [0.05, 0.1) is 30.4 Å². The molecule has 4 aromatic rings. The van der Waals surface area contributed by atoms with E-state index in [0.717, 1.165) is 17.4 Å². The lowest BCUT2D eigenvalue weighted by molar-refractivity contribution is -0.113. The van der Waals surface area contributed by atoms with Crippen LogP contribution in [0.3, 0.4) is 0 Å². The number of methoxy groups -OCH3 is 1. The van der Waals surface area contributed by atoms with Crippen LogP contribution >= 0.6 is 23.4 Å². The molecule has 8 nitrogen and oxygen atoms in total. The molecule has 2 N–H and O–H groups in total. The van der Waals surface area contributed by atoms with Gasteiger partial charge in [-0.1, -0.05) is 41.6 Å². The molecule has 0 aliphatic rings. The smallest absolute Gasteiger partial charge is 0.262 e. The monoisotopic (exact) mass is 441 g/mol. The maximum Gasteiger partial charge on any atom is 0.262 e. The van der Waals surface area contributed by atoms with Crippen molar-refractivity contribution < 1.29 is 9.53 Å². The Morgan fingerprint density at radius 1 is 1.27 bits per heavy atom. The van der Waals surface area contributed by atoms with Crippen LogP contribution in [0.25, 0.3) is 16.7 Å². The van der Waals surface area contributed by atoms with Crippen molar-refractivity contribution in [2.45, 2.75) is 5.16 Å². The van der Waals surface area contributed by atoms with Gasteiger partial charge in [-0.25, -0.2) is 9.67 Å². The van der Waals surface area contributed by atoms with Crippen molar-refractivity contribution in [2.24, 2.45) is 0 Å². The number of H-pyrrole nitrogens is 1. The number of fused-ring (bicyclic) bond motifs is 1. The Bertz CT molecular complexity index is 1270. The third-order valence-corrected chi connectivity index (χ3v) is 5.30. The van der Waals surface area contributed by atoms with E-state index < -0.39 is 0 Å². The maximum absolute atomic E-state index is 12.4. The fourth-order valence-electron chi connectivity index (χ4n) is 2.82. The number of nitrogens with zero attached hydrogens (tertiary/aromatic N) is 3. The fourth-order valence-corrected chi connectivity index (χ4v) is 3.65. The van der Waals surface area contributed by atoms with Crippen molar-refractivity contribution in [1.29, 1.82) is 0 Å². The molecule has 0 radical (unpaired) electrons. The first-order chi connectivity index (χ1) is 14.5. The highest BCUT2D eigenvalue weighted by molar-refractivity contribution is 7.99. The standard InChI is InChI=1S/C20H16ClN5O3S/c1-29-16-8-7-12(21)9-15(16)23-17(27)11-30-20-24-18-14(19(28)25-20)10-22-26(18)13-5-3-2-4-6-13/h2-10H,11H2,1H3,(H,23,27)(H,24,25,28). The molecule has 2 aromatic carbocycles. The van der Waals surface area contributed by atoms with Gasteiger partial charge in [-0.2, -0.15) is 5.10 Å². The van der Waals surface area contributed by atoms with Crippen molar-refractivity contribution in [1.82, 2.24) is 19.7 Å². The van der Waals surface area contributed by atoms with Crippen LogP contribution in [0.4, 0.5) is 5.69 Å². The molecule has 2 heterocycles. The number of benzene rings is 2. The number of anilines is 1. The summed E-state index contributed by atoms with van der Waals surface area (Å²) in [5, 5.41) is 8.18. The Morgan fingerprint density at radius 3 is 2.83 bits per heavy atom. The molecule has 0 saturated heterocycles. The zero-order chi connectivity index (χ0) is 21.1. The van der Waals surface area contributed by atoms with E-state index in [9.17, 15) is 9.59 Å². The number of thioether (sulfide) groups is 1. The summed E-state index contributed by atoms with van der Waals surface area (Å²) in [4.78, 5) is 32.0. The Kier molecular flexibility index (Phi) is 5.73. The SMILES string of the molecule is COc1ccc(Cl)cc1NC(=O)CSc1nc2c(cnn2-c2ccccc2)c(=O)[nH]1. The second-order valence-electron chi connectivity index (χ2n) is 6.18. The average molecular weight is 442 g/mol. The first kappa shape index (κ1) is 20.0. The Morgan fingerprint density at radius 2 is 2.07 bits per heavy atom. The molecular weight excluding hydrogens is 426 g/mol. The molecule has 0 atom stereocenters. The molecule has 30 heavy (non-hydrogen) atoms. The van der Waals surface area contributed by atoms with Crippen molar-refractivity contribution in [2.75, 3.05) is 18.2 Å². The van der Waals surface area contributed by atoms with E-state index >= 15 is 0 Å². The Balaban J connectivity index is 1.54. The first-order valence-electron chi connectivity index (χ1n) is 8.85. The van der Waals surface area contributed by atoms with E-state index in [1.807, 2.05) is 30.3 Å². The van der Waals surface area contributed by atoms with Gasteiger partial charge in [0, 0.05) is 5.02 Å². The maximum atomic E-state index is 12.4. The Labute approximate surface area is 180 Å². The number of para-hydroxylation sites is 1. The number of carbonyl (C=O) groups is 1. The number of nitrogens with one attached hydrogen (secondary N) is 2. The molecule has 1 amide bonds. The van der Waals surface area contributed by atoms with Crippen molar-refractivity contribution >= 4 is 46.0 Å². The third kappa shape index (κ3) is 4.17. The highest BCUT2D eigenvalue weighted by atomic mass is 35.5. The van der Waals surface area contributed by atoms with Crippen LogP contribution in [-0.4, -0.2) is 38.5 Å². The van der Waals surface area contributed by atoms with Crippen molar-refractivity contribution in [3.8, 4) is 11.4 Å². The molecular formula is C20H16ClN5O3S. The van der Waals surface area contributed by atoms with Crippen LogP contribution in [0.5, 0.6) is 5.75 Å². The number of hydrogen-bond acceptors (Lipinski definition) is 6. The summed E-state index contributed by atoms with van der Waals surface area (Å²) in [7, 11) is 1.51. The number of amides is 1. The number of aromatic amines is 1. The van der Waals surface area contributed by atoms with Crippen LogP contribution in [0.2, 0.25) is 5.02 Å². The highest BCUT2D eigenvalue weighted by Crippen LogP contribution is 2.28. The summed E-state index contributed by atoms with van der Waals surface area (Å²) in [6, 6.07) is 14.3. The van der Waals surface area contributed by atoms with E-state index in [-0.39, 0.29) is 17.2 Å². The molecule has 152 valence electrons. The molecule has 0 aliphatic heterocycles. The minimum absolute atomic E-state index is 0.0313. The van der Waals surface area contributed by atoms with Gasteiger partial charge in [0.15, 0.2) is 10.8 Å². The van der Waals surface area contributed by atoms with Gasteiger partial charge in [0.1, 0.15) is 11.1 Å². The lowest BCUT2D eigenvalue weighted by Crippen LogP contribution is -2.16. The fraction of sp³-hybridized carbons (Fsp3) is 0.100. The largest absolute Gasteiger partial charge is 0.495 e. The quantitative estimate of drug-likeness (QED) is 0.350. The lowest BCUT2D eigenvalue weighted by atomic mass is 10.3. The van der Waals surface area contributed by atoms with E-state index in [4.69, 9.17) is 16.3 Å². The van der Waals surface area contributed by atoms with Gasteiger partial charge in [-0.3, -0.25) is 9.59 Å². The predicted octanol–water partition coefficient (Wildman–Crippen LogP) is 3.50. The Hall–Kier alpha value is -3.30. The third-order valence-electron chi connectivity index (χ3n) is 4.19. The molecule has 0 unspecified atom stereocenters. The van der Waals surface area contributed by atoms with Gasteiger partial charge >= 0.3 is 0 Å². The van der Waals surface area contributed by atoms with Crippen LogP contribution in [0.1, 0.15) is 0 Å². The van der Waals surface area contributed by atoms with Crippen LogP contribution in [0.15, 0.2) is 64.7 Å². The number of rotatable bonds is 6. The van der Waals surface area contributed by atoms with Crippen LogP contribution in [-0.2, 0) is 4.79 Å². The molecule has 0 bridgehead atoms. The lowest BCUT2D eigenvalue weighted by Gasteiger charge is -2.10. The summed E-state index contributed by atoms with van der Waals surface area (Å²) in [6.07, 6.45) is 1.47. The van der Waals surface area contributed by atoms with E-state index in [0.29, 0.717) is 32.6 Å². The summed E-state index contributed by atoms with van der Waals surface area (Å²) in [6.45, 7) is 0. The molecule has 0 fully saturated rings. The van der Waals surface area contributed by atoms with E-state index in [1.54, 1.807) is 22.9 Å².